The Morgan fingerprint density at radius 1 is 1.37 bits per heavy atom. The normalized spacial score (nSPS) is 17.5. The molecule has 2 amide bonds. The summed E-state index contributed by atoms with van der Waals surface area (Å²) in [6.07, 6.45) is 2.91. The molecule has 0 aromatic carbocycles. The van der Waals surface area contributed by atoms with Gasteiger partial charge in [-0.2, -0.15) is 0 Å². The van der Waals surface area contributed by atoms with Crippen LogP contribution >= 0.6 is 0 Å². The molecule has 19 heavy (non-hydrogen) atoms. The number of nitrogens with one attached hydrogen (secondary N) is 1. The molecule has 0 saturated heterocycles. The highest BCUT2D eigenvalue weighted by Gasteiger charge is 2.36. The lowest BCUT2D eigenvalue weighted by atomic mass is 9.86. The molecule has 0 aromatic heterocycles. The minimum Gasteiger partial charge on any atom is -0.480 e. The predicted octanol–water partition coefficient (Wildman–Crippen LogP) is 1.04. The van der Waals surface area contributed by atoms with Crippen molar-refractivity contribution in [3.05, 3.63) is 0 Å². The maximum atomic E-state index is 12.2. The standard InChI is InChI=1S/C13H24N2O4/c1-13(2,3)10(11(17)18)14-12(19)15(7-8-16)9-5-4-6-9/h9-10,16H,4-8H2,1-3H3,(H,14,19)(H,17,18)/t10-/m0/s1. The van der Waals surface area contributed by atoms with E-state index in [1.807, 2.05) is 0 Å². The lowest BCUT2D eigenvalue weighted by molar-refractivity contribution is -0.142. The first kappa shape index (κ1) is 15.8. The fraction of sp³-hybridized carbons (Fsp3) is 0.846. The fourth-order valence-electron chi connectivity index (χ4n) is 2.11. The van der Waals surface area contributed by atoms with Gasteiger partial charge in [-0.3, -0.25) is 0 Å². The van der Waals surface area contributed by atoms with Crippen molar-refractivity contribution in [2.45, 2.75) is 52.1 Å². The number of carboxylic acid groups (broad SMARTS) is 1. The molecule has 0 spiro atoms. The van der Waals surface area contributed by atoms with Gasteiger partial charge in [-0.05, 0) is 24.7 Å². The predicted molar refractivity (Wildman–Crippen MR) is 70.8 cm³/mol. The Morgan fingerprint density at radius 2 is 1.95 bits per heavy atom. The summed E-state index contributed by atoms with van der Waals surface area (Å²) >= 11 is 0. The Hall–Kier alpha value is -1.30. The first-order valence-corrected chi connectivity index (χ1v) is 6.68. The number of hydrogen-bond donors (Lipinski definition) is 3. The number of nitrogens with zero attached hydrogens (tertiary/aromatic N) is 1. The van der Waals surface area contributed by atoms with Crippen LogP contribution in [0.25, 0.3) is 0 Å². The second kappa shape index (κ2) is 6.23. The summed E-state index contributed by atoms with van der Waals surface area (Å²) in [5.41, 5.74) is -0.564. The molecule has 1 fully saturated rings. The van der Waals surface area contributed by atoms with Crippen molar-refractivity contribution in [1.29, 1.82) is 0 Å². The second-order valence-corrected chi connectivity index (χ2v) is 6.09. The molecule has 0 heterocycles. The minimum absolute atomic E-state index is 0.114. The number of carbonyl (C=O) groups excluding carboxylic acids is 1. The van der Waals surface area contributed by atoms with Crippen LogP contribution in [0.5, 0.6) is 0 Å². The molecule has 6 nitrogen and oxygen atoms in total. The van der Waals surface area contributed by atoms with Crippen LogP contribution in [-0.4, -0.2) is 52.3 Å². The smallest absolute Gasteiger partial charge is 0.326 e. The summed E-state index contributed by atoms with van der Waals surface area (Å²) in [6.45, 7) is 5.44. The highest BCUT2D eigenvalue weighted by Crippen LogP contribution is 2.25. The number of amides is 2. The number of urea groups is 1. The molecule has 1 aliphatic carbocycles. The van der Waals surface area contributed by atoms with Crippen LogP contribution in [0.4, 0.5) is 4.79 Å². The first-order valence-electron chi connectivity index (χ1n) is 6.68. The van der Waals surface area contributed by atoms with Gasteiger partial charge in [-0.25, -0.2) is 9.59 Å². The molecule has 1 atom stereocenters. The van der Waals surface area contributed by atoms with Gasteiger partial charge in [0.15, 0.2) is 0 Å². The summed E-state index contributed by atoms with van der Waals surface area (Å²) in [5, 5.41) is 20.8. The van der Waals surface area contributed by atoms with Crippen LogP contribution in [0.1, 0.15) is 40.0 Å². The molecule has 0 radical (unpaired) electrons. The van der Waals surface area contributed by atoms with Gasteiger partial charge < -0.3 is 20.4 Å². The van der Waals surface area contributed by atoms with Crippen LogP contribution in [0.2, 0.25) is 0 Å². The second-order valence-electron chi connectivity index (χ2n) is 6.09. The van der Waals surface area contributed by atoms with Crippen molar-refractivity contribution in [3.8, 4) is 0 Å². The SMILES string of the molecule is CC(C)(C)[C@@H](NC(=O)N(CCO)C1CCC1)C(=O)O. The van der Waals surface area contributed by atoms with Gasteiger partial charge >= 0.3 is 12.0 Å². The molecule has 110 valence electrons. The van der Waals surface area contributed by atoms with Gasteiger partial charge in [-0.15, -0.1) is 0 Å². The number of carboxylic acids is 1. The zero-order chi connectivity index (χ0) is 14.6. The van der Waals surface area contributed by atoms with Gasteiger partial charge in [0.25, 0.3) is 0 Å². The van der Waals surface area contributed by atoms with Crippen molar-refractivity contribution < 1.29 is 19.8 Å². The topological polar surface area (TPSA) is 89.9 Å². The number of carbonyl (C=O) groups is 2. The lowest BCUT2D eigenvalue weighted by Gasteiger charge is -2.39. The van der Waals surface area contributed by atoms with E-state index in [-0.39, 0.29) is 19.2 Å². The van der Waals surface area contributed by atoms with E-state index in [4.69, 9.17) is 5.11 Å². The quantitative estimate of drug-likeness (QED) is 0.697. The van der Waals surface area contributed by atoms with Gasteiger partial charge in [-0.1, -0.05) is 20.8 Å². The Kier molecular flexibility index (Phi) is 5.17. The summed E-state index contributed by atoms with van der Waals surface area (Å²) in [5.74, 6) is -1.04. The maximum absolute atomic E-state index is 12.2. The molecule has 1 saturated carbocycles. The average molecular weight is 272 g/mol. The maximum Gasteiger partial charge on any atom is 0.326 e. The van der Waals surface area contributed by atoms with E-state index in [9.17, 15) is 14.7 Å². The van der Waals surface area contributed by atoms with E-state index in [0.29, 0.717) is 0 Å². The van der Waals surface area contributed by atoms with Crippen LogP contribution < -0.4 is 5.32 Å². The van der Waals surface area contributed by atoms with E-state index in [1.165, 1.54) is 0 Å². The van der Waals surface area contributed by atoms with Crippen LogP contribution in [0.15, 0.2) is 0 Å². The van der Waals surface area contributed by atoms with E-state index in [0.717, 1.165) is 19.3 Å². The monoisotopic (exact) mass is 272 g/mol. The van der Waals surface area contributed by atoms with Crippen LogP contribution in [0, 0.1) is 5.41 Å². The highest BCUT2D eigenvalue weighted by molar-refractivity contribution is 5.83. The van der Waals surface area contributed by atoms with Crippen LogP contribution in [0.3, 0.4) is 0 Å². The minimum atomic E-state index is -1.04. The number of hydrogen-bond acceptors (Lipinski definition) is 3. The van der Waals surface area contributed by atoms with E-state index >= 15 is 0 Å². The lowest BCUT2D eigenvalue weighted by Crippen LogP contribution is -2.57. The van der Waals surface area contributed by atoms with Crippen molar-refractivity contribution in [2.75, 3.05) is 13.2 Å². The highest BCUT2D eigenvalue weighted by atomic mass is 16.4. The van der Waals surface area contributed by atoms with Crippen molar-refractivity contribution in [2.24, 2.45) is 5.41 Å². The number of aliphatic hydroxyl groups excluding tert-OH is 1. The third-order valence-corrected chi connectivity index (χ3v) is 3.50. The van der Waals surface area contributed by atoms with Crippen molar-refractivity contribution in [1.82, 2.24) is 10.2 Å². The third-order valence-electron chi connectivity index (χ3n) is 3.50. The molecule has 3 N–H and O–H groups in total. The van der Waals surface area contributed by atoms with Crippen molar-refractivity contribution >= 4 is 12.0 Å². The average Bonchev–Trinajstić information content (AvgIpc) is 2.20. The summed E-state index contributed by atoms with van der Waals surface area (Å²) in [4.78, 5) is 24.9. The number of aliphatic hydroxyl groups is 1. The molecular weight excluding hydrogens is 248 g/mol. The van der Waals surface area contributed by atoms with E-state index in [1.54, 1.807) is 25.7 Å². The van der Waals surface area contributed by atoms with Gasteiger partial charge in [0.2, 0.25) is 0 Å². The Morgan fingerprint density at radius 3 is 2.26 bits per heavy atom. The third kappa shape index (κ3) is 4.09. The van der Waals surface area contributed by atoms with Gasteiger partial charge in [0.1, 0.15) is 6.04 Å². The van der Waals surface area contributed by atoms with Gasteiger partial charge in [0, 0.05) is 12.6 Å². The number of rotatable bonds is 5. The van der Waals surface area contributed by atoms with Crippen LogP contribution in [-0.2, 0) is 4.79 Å². The van der Waals surface area contributed by atoms with E-state index < -0.39 is 23.5 Å². The van der Waals surface area contributed by atoms with Crippen molar-refractivity contribution in [3.63, 3.8) is 0 Å². The largest absolute Gasteiger partial charge is 0.480 e. The molecule has 1 aliphatic rings. The molecule has 0 unspecified atom stereocenters. The molecule has 0 aromatic rings. The molecule has 0 aliphatic heterocycles. The molecule has 6 heteroatoms. The van der Waals surface area contributed by atoms with Gasteiger partial charge in [0.05, 0.1) is 6.61 Å². The van der Waals surface area contributed by atoms with E-state index in [2.05, 4.69) is 5.32 Å². The Balaban J connectivity index is 2.70. The fourth-order valence-corrected chi connectivity index (χ4v) is 2.11. The molecular formula is C13H24N2O4. The first-order chi connectivity index (χ1) is 8.77. The zero-order valence-electron chi connectivity index (χ0n) is 11.8. The summed E-state index contributed by atoms with van der Waals surface area (Å²) < 4.78 is 0. The summed E-state index contributed by atoms with van der Waals surface area (Å²) in [6, 6.07) is -1.22. The Bertz CT molecular complexity index is 334. The molecule has 0 bridgehead atoms. The Labute approximate surface area is 113 Å². The molecule has 1 rings (SSSR count). The number of aliphatic carboxylic acids is 1. The zero-order valence-corrected chi connectivity index (χ0v) is 11.8. The summed E-state index contributed by atoms with van der Waals surface area (Å²) in [7, 11) is 0.